The lowest BCUT2D eigenvalue weighted by Gasteiger charge is -2.40. The summed E-state index contributed by atoms with van der Waals surface area (Å²) < 4.78 is 49.1. The molecule has 2 amide bonds. The van der Waals surface area contributed by atoms with Crippen LogP contribution in [-0.4, -0.2) is 111 Å². The molecule has 74 heavy (non-hydrogen) atoms. The number of nitriles is 1. The summed E-state index contributed by atoms with van der Waals surface area (Å²) in [4.78, 5) is 41.5. The van der Waals surface area contributed by atoms with Crippen molar-refractivity contribution in [1.82, 2.24) is 39.7 Å². The zero-order chi connectivity index (χ0) is 51.4. The number of aryl methyl sites for hydroxylation is 2. The summed E-state index contributed by atoms with van der Waals surface area (Å²) in [5.74, 6) is 0.714. The van der Waals surface area contributed by atoms with Crippen LogP contribution in [0, 0.1) is 28.6 Å². The molecule has 1 saturated carbocycles. The molecule has 0 radical (unpaired) electrons. The van der Waals surface area contributed by atoms with Crippen molar-refractivity contribution < 1.29 is 22.8 Å². The number of benzene rings is 2. The average Bonchev–Trinajstić information content (AvgIpc) is 4.10. The number of aromatic nitrogens is 5. The summed E-state index contributed by atoms with van der Waals surface area (Å²) in [5.41, 5.74) is 6.71. The Morgan fingerprint density at radius 2 is 1.76 bits per heavy atom. The van der Waals surface area contributed by atoms with E-state index in [1.165, 1.54) is 0 Å². The predicted molar refractivity (Wildman–Crippen MR) is 280 cm³/mol. The van der Waals surface area contributed by atoms with Crippen molar-refractivity contribution in [2.24, 2.45) is 18.4 Å². The molecule has 5 aromatic rings. The Labute approximate surface area is 436 Å². The Hall–Kier alpha value is -6.12. The van der Waals surface area contributed by atoms with Crippen molar-refractivity contribution in [2.75, 3.05) is 67.1 Å². The van der Waals surface area contributed by atoms with E-state index in [9.17, 15) is 23.6 Å². The molecule has 0 unspecified atom stereocenters. The number of fused-ring (bicyclic) bond motifs is 2. The molecule has 4 fully saturated rings. The molecule has 0 bridgehead atoms. The minimum atomic E-state index is -2.67. The molecule has 3 saturated heterocycles. The highest BCUT2D eigenvalue weighted by Gasteiger charge is 2.45. The Morgan fingerprint density at radius 3 is 2.45 bits per heavy atom. The first-order chi connectivity index (χ1) is 35.7. The third kappa shape index (κ3) is 9.84. The predicted octanol–water partition coefficient (Wildman–Crippen LogP) is 9.78. The molecular weight excluding hydrogens is 965 g/mol. The van der Waals surface area contributed by atoms with Crippen LogP contribution in [0.5, 0.6) is 0 Å². The average molecular weight is 1030 g/mol. The number of alkyl halides is 2. The minimum Gasteiger partial charge on any atom is -0.368 e. The van der Waals surface area contributed by atoms with Crippen molar-refractivity contribution in [1.29, 1.82) is 5.26 Å². The number of amides is 2. The van der Waals surface area contributed by atoms with Crippen LogP contribution in [0.4, 0.5) is 36.2 Å². The normalized spacial score (nSPS) is 22.3. The van der Waals surface area contributed by atoms with Gasteiger partial charge in [0.25, 0.3) is 12.3 Å². The maximum atomic E-state index is 15.6. The third-order valence-corrected chi connectivity index (χ3v) is 17.7. The summed E-state index contributed by atoms with van der Waals surface area (Å²) in [6.45, 7) is 10.7. The SMILES string of the molecule is CC(=O)N1CCc2c(c(N3CCCc4cc(-c5cnn(C)c5)c(C(F)F)cc43)nn2C2CCC(CN3CCC(NC(=O)c4ccc(N5CCC6(CC5)C[C@H](C)N(c5ccc(C#N)c(Cl)c5)C6)nc4F)CC3)CC2)C1. The zero-order valence-corrected chi connectivity index (χ0v) is 43.4. The lowest BCUT2D eigenvalue weighted by molar-refractivity contribution is -0.129. The fourth-order valence-corrected chi connectivity index (χ4v) is 13.5. The number of carbonyl (C=O) groups excluding carboxylic acids is 2. The van der Waals surface area contributed by atoms with Gasteiger partial charge in [-0.1, -0.05) is 11.6 Å². The van der Waals surface area contributed by atoms with E-state index in [2.05, 4.69) is 52.7 Å². The molecular formula is C56H66ClF3N12O2. The monoisotopic (exact) mass is 1030 g/mol. The first-order valence-corrected chi connectivity index (χ1v) is 27.1. The van der Waals surface area contributed by atoms with Gasteiger partial charge in [0.1, 0.15) is 11.9 Å². The highest BCUT2D eigenvalue weighted by Crippen LogP contribution is 2.47. The molecule has 3 aromatic heterocycles. The van der Waals surface area contributed by atoms with Gasteiger partial charge in [0.05, 0.1) is 34.9 Å². The minimum absolute atomic E-state index is 0.0156. The van der Waals surface area contributed by atoms with Crippen molar-refractivity contribution in [3.05, 3.63) is 99.3 Å². The van der Waals surface area contributed by atoms with E-state index in [0.717, 1.165) is 144 Å². The van der Waals surface area contributed by atoms with Gasteiger partial charge in [0.2, 0.25) is 11.9 Å². The highest BCUT2D eigenvalue weighted by atomic mass is 35.5. The summed E-state index contributed by atoms with van der Waals surface area (Å²) in [5, 5.41) is 22.5. The number of piperidine rings is 2. The van der Waals surface area contributed by atoms with Crippen molar-refractivity contribution >= 4 is 46.4 Å². The van der Waals surface area contributed by atoms with Gasteiger partial charge in [-0.05, 0) is 142 Å². The largest absolute Gasteiger partial charge is 0.368 e. The number of halogens is 4. The molecule has 14 nitrogen and oxygen atoms in total. The van der Waals surface area contributed by atoms with Gasteiger partial charge in [-0.25, -0.2) is 13.8 Å². The number of nitrogens with one attached hydrogen (secondary N) is 1. The van der Waals surface area contributed by atoms with Crippen molar-refractivity contribution in [3.63, 3.8) is 0 Å². The first-order valence-electron chi connectivity index (χ1n) is 26.7. The molecule has 5 aliphatic heterocycles. The Balaban J connectivity index is 0.676. The van der Waals surface area contributed by atoms with Gasteiger partial charge in [0.15, 0.2) is 5.82 Å². The summed E-state index contributed by atoms with van der Waals surface area (Å²) in [6.07, 6.45) is 11.7. The highest BCUT2D eigenvalue weighted by molar-refractivity contribution is 6.32. The number of nitrogens with zero attached hydrogens (tertiary/aromatic N) is 11. The second kappa shape index (κ2) is 20.5. The number of likely N-dealkylation sites (tertiary alicyclic amines) is 1. The molecule has 18 heteroatoms. The Bertz CT molecular complexity index is 2960. The standard InChI is InChI=1S/C56H66ClF3N12O2/c1-35-28-56(34-71(35)43-11-8-39(29-61)48(57)26-43)17-23-68(24-18-56)51-13-12-44(53(60)64-51)55(74)63-41-14-20-67(21-15-41)31-37-6-9-42(10-7-37)72-49-16-22-69(36(2)73)33-47(49)54(65-72)70-19-4-5-38-25-45(40-30-62-66(3)32-40)46(52(58)59)27-50(38)70/h8,11-13,25-27,30,32,35,37,41-42,52H,4-7,9-10,14-24,28,31,33-34H2,1-3H3,(H,63,74)/t35-,37?,42?/m0/s1. The Morgan fingerprint density at radius 1 is 0.973 bits per heavy atom. The fraction of sp³-hybridized carbons (Fsp3) is 0.536. The fourth-order valence-electron chi connectivity index (χ4n) is 13.3. The molecule has 1 aliphatic carbocycles. The second-order valence-electron chi connectivity index (χ2n) is 22.1. The van der Waals surface area contributed by atoms with Crippen LogP contribution in [0.25, 0.3) is 11.1 Å². The van der Waals surface area contributed by atoms with Crippen LogP contribution in [0.15, 0.2) is 54.9 Å². The maximum absolute atomic E-state index is 15.6. The van der Waals surface area contributed by atoms with E-state index in [0.29, 0.717) is 65.5 Å². The molecule has 8 heterocycles. The van der Waals surface area contributed by atoms with E-state index in [1.54, 1.807) is 55.3 Å². The number of pyridine rings is 1. The number of hydrogen-bond acceptors (Lipinski definition) is 10. The molecule has 1 atom stereocenters. The third-order valence-electron chi connectivity index (χ3n) is 17.4. The van der Waals surface area contributed by atoms with E-state index < -0.39 is 18.3 Å². The zero-order valence-electron chi connectivity index (χ0n) is 42.7. The number of rotatable bonds is 10. The van der Waals surface area contributed by atoms with E-state index >= 15 is 4.39 Å². The Kier molecular flexibility index (Phi) is 13.9. The number of hydrogen-bond donors (Lipinski definition) is 1. The van der Waals surface area contributed by atoms with Crippen LogP contribution in [0.1, 0.15) is 129 Å². The molecule has 2 aromatic carbocycles. The quantitative estimate of drug-likeness (QED) is 0.135. The van der Waals surface area contributed by atoms with Gasteiger partial charge < -0.3 is 29.8 Å². The van der Waals surface area contributed by atoms with E-state index in [-0.39, 0.29) is 34.5 Å². The molecule has 11 rings (SSSR count). The smallest absolute Gasteiger partial charge is 0.264 e. The van der Waals surface area contributed by atoms with Crippen molar-refractivity contribution in [3.8, 4) is 17.2 Å². The molecule has 1 spiro atoms. The van der Waals surface area contributed by atoms with Crippen LogP contribution < -0.4 is 20.0 Å². The summed E-state index contributed by atoms with van der Waals surface area (Å²) in [6, 6.07) is 15.2. The van der Waals surface area contributed by atoms with Gasteiger partial charge in [0, 0.05) is 125 Å². The molecule has 6 aliphatic rings. The van der Waals surface area contributed by atoms with E-state index in [4.69, 9.17) is 16.7 Å². The molecule has 1 N–H and O–H groups in total. The van der Waals surface area contributed by atoms with Crippen LogP contribution >= 0.6 is 11.6 Å². The van der Waals surface area contributed by atoms with Crippen molar-refractivity contribution in [2.45, 2.75) is 122 Å². The summed E-state index contributed by atoms with van der Waals surface area (Å²) in [7, 11) is 1.79. The topological polar surface area (TPSA) is 135 Å². The van der Waals surface area contributed by atoms with Gasteiger partial charge in [-0.2, -0.15) is 19.8 Å². The van der Waals surface area contributed by atoms with Gasteiger partial charge in [-0.3, -0.25) is 19.0 Å². The lowest BCUT2D eigenvalue weighted by atomic mass is 9.77. The van der Waals surface area contributed by atoms with Gasteiger partial charge >= 0.3 is 0 Å². The molecule has 390 valence electrons. The van der Waals surface area contributed by atoms with E-state index in [1.807, 2.05) is 23.1 Å². The van der Waals surface area contributed by atoms with Crippen LogP contribution in [0.3, 0.4) is 0 Å². The lowest BCUT2D eigenvalue weighted by Crippen LogP contribution is -2.46. The number of anilines is 4. The van der Waals surface area contributed by atoms with Crippen LogP contribution in [0.2, 0.25) is 5.02 Å². The summed E-state index contributed by atoms with van der Waals surface area (Å²) >= 11 is 6.39. The maximum Gasteiger partial charge on any atom is 0.264 e. The second-order valence-corrected chi connectivity index (χ2v) is 22.5. The van der Waals surface area contributed by atoms with Gasteiger partial charge in [-0.15, -0.1) is 0 Å². The first kappa shape index (κ1) is 50.1. The number of carbonyl (C=O) groups is 2. The van der Waals surface area contributed by atoms with Crippen LogP contribution in [-0.2, 0) is 31.2 Å².